The van der Waals surface area contributed by atoms with Crippen molar-refractivity contribution in [2.45, 2.75) is 33.7 Å². The molecule has 1 aliphatic rings. The predicted octanol–water partition coefficient (Wildman–Crippen LogP) is 1.24. The number of nitrogens with one attached hydrogen (secondary N) is 2. The molecular weight excluding hydrogens is 306 g/mol. The Balaban J connectivity index is 1.97. The Bertz CT molecular complexity index is 526. The van der Waals surface area contributed by atoms with E-state index in [1.807, 2.05) is 13.0 Å². The molecule has 1 aromatic heterocycles. The average molecular weight is 337 g/mol. The van der Waals surface area contributed by atoms with E-state index in [-0.39, 0.29) is 24.3 Å². The van der Waals surface area contributed by atoms with E-state index >= 15 is 0 Å². The molecule has 0 radical (unpaired) electrons. The zero-order valence-corrected chi connectivity index (χ0v) is 15.1. The highest BCUT2D eigenvalue weighted by Crippen LogP contribution is 2.19. The molecule has 3 N–H and O–H groups in total. The van der Waals surface area contributed by atoms with Gasteiger partial charge in [-0.1, -0.05) is 20.8 Å². The Kier molecular flexibility index (Phi) is 7.27. The molecule has 0 aliphatic carbocycles. The van der Waals surface area contributed by atoms with Gasteiger partial charge in [0.2, 0.25) is 0 Å². The highest BCUT2D eigenvalue weighted by atomic mass is 16.4. The minimum absolute atomic E-state index is 0.155. The van der Waals surface area contributed by atoms with Crippen molar-refractivity contribution in [3.8, 4) is 0 Å². The molecule has 0 spiro atoms. The number of aliphatic hydroxyl groups excluding tert-OH is 1. The van der Waals surface area contributed by atoms with Gasteiger partial charge in [-0.05, 0) is 25.1 Å². The van der Waals surface area contributed by atoms with Crippen molar-refractivity contribution in [2.24, 2.45) is 11.8 Å². The first-order chi connectivity index (χ1) is 11.6. The van der Waals surface area contributed by atoms with Gasteiger partial charge in [0.15, 0.2) is 5.76 Å². The minimum atomic E-state index is -0.168. The van der Waals surface area contributed by atoms with Crippen LogP contribution in [0.2, 0.25) is 0 Å². The van der Waals surface area contributed by atoms with Gasteiger partial charge in [-0.25, -0.2) is 0 Å². The number of rotatable bonds is 9. The van der Waals surface area contributed by atoms with Crippen LogP contribution in [0.1, 0.15) is 42.6 Å². The van der Waals surface area contributed by atoms with Crippen molar-refractivity contribution in [3.05, 3.63) is 23.2 Å². The highest BCUT2D eigenvalue weighted by molar-refractivity contribution is 5.91. The zero-order chi connectivity index (χ0) is 17.5. The molecular formula is C18H31N3O3. The van der Waals surface area contributed by atoms with E-state index in [0.29, 0.717) is 12.3 Å². The van der Waals surface area contributed by atoms with Crippen LogP contribution in [-0.2, 0) is 13.0 Å². The highest BCUT2D eigenvalue weighted by Gasteiger charge is 2.27. The number of hydrogen-bond acceptors (Lipinski definition) is 5. The number of carbonyl (C=O) groups is 1. The van der Waals surface area contributed by atoms with Crippen LogP contribution in [0.4, 0.5) is 0 Å². The van der Waals surface area contributed by atoms with Crippen LogP contribution in [0.5, 0.6) is 0 Å². The minimum Gasteiger partial charge on any atom is -0.456 e. The number of hydrogen-bond donors (Lipinski definition) is 3. The van der Waals surface area contributed by atoms with E-state index in [9.17, 15) is 9.90 Å². The lowest BCUT2D eigenvalue weighted by atomic mass is 9.97. The van der Waals surface area contributed by atoms with Crippen molar-refractivity contribution in [2.75, 3.05) is 39.3 Å². The summed E-state index contributed by atoms with van der Waals surface area (Å²) in [5, 5.41) is 15.6. The molecule has 1 aliphatic heterocycles. The molecule has 6 nitrogen and oxygen atoms in total. The van der Waals surface area contributed by atoms with Crippen molar-refractivity contribution in [1.29, 1.82) is 0 Å². The second-order valence-electron chi connectivity index (χ2n) is 6.45. The third-order valence-electron chi connectivity index (χ3n) is 4.97. The van der Waals surface area contributed by atoms with Gasteiger partial charge in [0.1, 0.15) is 5.76 Å². The smallest absolute Gasteiger partial charge is 0.287 e. The molecule has 136 valence electrons. The quantitative estimate of drug-likeness (QED) is 0.632. The average Bonchev–Trinajstić information content (AvgIpc) is 3.23. The second-order valence-corrected chi connectivity index (χ2v) is 6.45. The number of aliphatic hydroxyl groups is 1. The summed E-state index contributed by atoms with van der Waals surface area (Å²) in [6.07, 6.45) is 0.781. The molecule has 0 bridgehead atoms. The molecule has 1 fully saturated rings. The maximum atomic E-state index is 12.4. The third-order valence-corrected chi connectivity index (χ3v) is 4.97. The third kappa shape index (κ3) is 4.59. The van der Waals surface area contributed by atoms with E-state index in [2.05, 4.69) is 29.4 Å². The van der Waals surface area contributed by atoms with Crippen molar-refractivity contribution in [3.63, 3.8) is 0 Å². The molecule has 2 atom stereocenters. The molecule has 0 unspecified atom stereocenters. The summed E-state index contributed by atoms with van der Waals surface area (Å²) in [4.78, 5) is 14.7. The van der Waals surface area contributed by atoms with Crippen LogP contribution in [-0.4, -0.2) is 55.2 Å². The SMILES string of the molecule is CCc1oc(C(=O)NC[C@@H]2CNC[C@H]2CO)cc1CN(CC)CC. The number of furan rings is 1. The van der Waals surface area contributed by atoms with Gasteiger partial charge in [-0.3, -0.25) is 9.69 Å². The van der Waals surface area contributed by atoms with Crippen LogP contribution in [0.15, 0.2) is 10.5 Å². The largest absolute Gasteiger partial charge is 0.456 e. The fourth-order valence-corrected chi connectivity index (χ4v) is 3.25. The van der Waals surface area contributed by atoms with E-state index in [1.165, 1.54) is 0 Å². The molecule has 24 heavy (non-hydrogen) atoms. The maximum absolute atomic E-state index is 12.4. The van der Waals surface area contributed by atoms with Gasteiger partial charge < -0.3 is 20.2 Å². The summed E-state index contributed by atoms with van der Waals surface area (Å²) in [5.41, 5.74) is 1.10. The first-order valence-electron chi connectivity index (χ1n) is 9.06. The monoisotopic (exact) mass is 337 g/mol. The molecule has 0 aromatic carbocycles. The lowest BCUT2D eigenvalue weighted by molar-refractivity contribution is 0.0911. The summed E-state index contributed by atoms with van der Waals surface area (Å²) in [5.74, 6) is 1.60. The summed E-state index contributed by atoms with van der Waals surface area (Å²) in [6.45, 7) is 11.4. The first-order valence-corrected chi connectivity index (χ1v) is 9.06. The van der Waals surface area contributed by atoms with Gasteiger partial charge in [-0.15, -0.1) is 0 Å². The van der Waals surface area contributed by atoms with Crippen LogP contribution >= 0.6 is 0 Å². The van der Waals surface area contributed by atoms with Gasteiger partial charge in [0.25, 0.3) is 5.91 Å². The Morgan fingerprint density at radius 2 is 2.04 bits per heavy atom. The Morgan fingerprint density at radius 3 is 2.67 bits per heavy atom. The van der Waals surface area contributed by atoms with E-state index in [1.54, 1.807) is 0 Å². The predicted molar refractivity (Wildman–Crippen MR) is 94.0 cm³/mol. The molecule has 6 heteroatoms. The van der Waals surface area contributed by atoms with Gasteiger partial charge in [-0.2, -0.15) is 0 Å². The summed E-state index contributed by atoms with van der Waals surface area (Å²) < 4.78 is 5.78. The van der Waals surface area contributed by atoms with E-state index in [0.717, 1.165) is 50.5 Å². The van der Waals surface area contributed by atoms with Gasteiger partial charge >= 0.3 is 0 Å². The fraction of sp³-hybridized carbons (Fsp3) is 0.722. The van der Waals surface area contributed by atoms with Crippen molar-refractivity contribution in [1.82, 2.24) is 15.5 Å². The molecule has 1 aromatic rings. The number of aryl methyl sites for hydroxylation is 1. The Morgan fingerprint density at radius 1 is 1.33 bits per heavy atom. The van der Waals surface area contributed by atoms with Gasteiger partial charge in [0, 0.05) is 50.7 Å². The second kappa shape index (κ2) is 9.20. The number of nitrogens with zero attached hydrogens (tertiary/aromatic N) is 1. The first kappa shape index (κ1) is 19.0. The molecule has 1 saturated heterocycles. The molecule has 1 amide bonds. The lowest BCUT2D eigenvalue weighted by Crippen LogP contribution is -2.33. The summed E-state index contributed by atoms with van der Waals surface area (Å²) in [6, 6.07) is 1.88. The normalized spacial score (nSPS) is 20.7. The van der Waals surface area contributed by atoms with Crippen molar-refractivity contribution >= 4 is 5.91 Å². The van der Waals surface area contributed by atoms with Crippen LogP contribution in [0.3, 0.4) is 0 Å². The Hall–Kier alpha value is -1.37. The molecule has 2 heterocycles. The zero-order valence-electron chi connectivity index (χ0n) is 15.1. The lowest BCUT2D eigenvalue weighted by Gasteiger charge is -2.17. The summed E-state index contributed by atoms with van der Waals surface area (Å²) >= 11 is 0. The van der Waals surface area contributed by atoms with E-state index in [4.69, 9.17) is 4.42 Å². The topological polar surface area (TPSA) is 77.7 Å². The molecule has 2 rings (SSSR count). The standard InChI is InChI=1S/C18H31N3O3/c1-4-16-13(11-21(5-2)6-3)7-17(24-16)18(23)20-10-14-8-19-9-15(14)12-22/h7,14-15,19,22H,4-6,8-12H2,1-3H3,(H,20,23)/t14-,15-/m0/s1. The van der Waals surface area contributed by atoms with Crippen molar-refractivity contribution < 1.29 is 14.3 Å². The number of amides is 1. The Labute approximate surface area is 144 Å². The van der Waals surface area contributed by atoms with Crippen LogP contribution in [0, 0.1) is 11.8 Å². The maximum Gasteiger partial charge on any atom is 0.287 e. The molecule has 0 saturated carbocycles. The number of carbonyl (C=O) groups excluding carboxylic acids is 1. The van der Waals surface area contributed by atoms with Crippen LogP contribution in [0.25, 0.3) is 0 Å². The van der Waals surface area contributed by atoms with Crippen LogP contribution < -0.4 is 10.6 Å². The van der Waals surface area contributed by atoms with E-state index < -0.39 is 0 Å². The van der Waals surface area contributed by atoms with Gasteiger partial charge in [0.05, 0.1) is 0 Å². The summed E-state index contributed by atoms with van der Waals surface area (Å²) in [7, 11) is 0. The fourth-order valence-electron chi connectivity index (χ4n) is 3.25.